The summed E-state index contributed by atoms with van der Waals surface area (Å²) in [6, 6.07) is 1.49. The molecule has 0 radical (unpaired) electrons. The number of thiazole rings is 1. The minimum Gasteiger partial charge on any atom is -0.343 e. The van der Waals surface area contributed by atoms with E-state index in [-0.39, 0.29) is 11.9 Å². The molecular formula is C12H15N5OS. The third kappa shape index (κ3) is 3.07. The number of hydrazine groups is 1. The minimum absolute atomic E-state index is 0.156. The first-order valence-electron chi connectivity index (χ1n) is 5.75. The molecule has 4 N–H and O–H groups in total. The van der Waals surface area contributed by atoms with Crippen LogP contribution >= 0.6 is 11.3 Å². The molecule has 0 aliphatic rings. The number of rotatable bonds is 4. The van der Waals surface area contributed by atoms with E-state index in [1.165, 1.54) is 17.5 Å². The molecule has 2 aromatic rings. The Labute approximate surface area is 115 Å². The average molecular weight is 277 g/mol. The second-order valence-electron chi connectivity index (χ2n) is 4.09. The number of nitrogens with one attached hydrogen (secondary N) is 2. The van der Waals surface area contributed by atoms with E-state index in [9.17, 15) is 4.79 Å². The second-order valence-corrected chi connectivity index (χ2v) is 4.98. The zero-order valence-corrected chi connectivity index (χ0v) is 11.5. The standard InChI is InChI=1S/C12H15N5OS/c1-7-6-19-12(15-7)8(2)16-11(18)9-5-14-4-3-10(9)17-13/h3-6,8H,13H2,1-2H3,(H,14,17)(H,16,18). The van der Waals surface area contributed by atoms with Gasteiger partial charge in [-0.3, -0.25) is 15.6 Å². The predicted octanol–water partition coefficient (Wildman–Crippen LogP) is 1.62. The van der Waals surface area contributed by atoms with Crippen molar-refractivity contribution < 1.29 is 4.79 Å². The fourth-order valence-electron chi connectivity index (χ4n) is 1.61. The molecule has 7 heteroatoms. The van der Waals surface area contributed by atoms with Gasteiger partial charge in [-0.2, -0.15) is 0 Å². The van der Waals surface area contributed by atoms with Crippen LogP contribution in [-0.4, -0.2) is 15.9 Å². The summed E-state index contributed by atoms with van der Waals surface area (Å²) in [6.07, 6.45) is 3.05. The number of pyridine rings is 1. The van der Waals surface area contributed by atoms with Gasteiger partial charge in [-0.05, 0) is 19.9 Å². The van der Waals surface area contributed by atoms with E-state index in [0.717, 1.165) is 10.7 Å². The molecule has 1 atom stereocenters. The van der Waals surface area contributed by atoms with Crippen molar-refractivity contribution >= 4 is 22.9 Å². The van der Waals surface area contributed by atoms with Crippen LogP contribution in [0.5, 0.6) is 0 Å². The predicted molar refractivity (Wildman–Crippen MR) is 74.8 cm³/mol. The smallest absolute Gasteiger partial charge is 0.255 e. The average Bonchev–Trinajstić information content (AvgIpc) is 2.85. The summed E-state index contributed by atoms with van der Waals surface area (Å²) in [7, 11) is 0. The molecule has 6 nitrogen and oxygen atoms in total. The highest BCUT2D eigenvalue weighted by Gasteiger charge is 2.16. The molecule has 0 spiro atoms. The summed E-state index contributed by atoms with van der Waals surface area (Å²) in [5.41, 5.74) is 4.38. The molecule has 0 aliphatic heterocycles. The second kappa shape index (κ2) is 5.77. The Morgan fingerprint density at radius 2 is 2.32 bits per heavy atom. The van der Waals surface area contributed by atoms with Gasteiger partial charge in [0.2, 0.25) is 0 Å². The topological polar surface area (TPSA) is 92.9 Å². The molecule has 0 saturated heterocycles. The molecule has 19 heavy (non-hydrogen) atoms. The Kier molecular flexibility index (Phi) is 4.08. The fourth-order valence-corrected chi connectivity index (χ4v) is 2.41. The van der Waals surface area contributed by atoms with Gasteiger partial charge in [0.1, 0.15) is 5.01 Å². The van der Waals surface area contributed by atoms with Crippen molar-refractivity contribution in [3.05, 3.63) is 40.1 Å². The number of nitrogens with zero attached hydrogens (tertiary/aromatic N) is 2. The molecule has 1 unspecified atom stereocenters. The Bertz CT molecular complexity index is 583. The number of nitrogens with two attached hydrogens (primary N) is 1. The Morgan fingerprint density at radius 1 is 1.53 bits per heavy atom. The molecule has 2 rings (SSSR count). The number of carbonyl (C=O) groups excluding carboxylic acids is 1. The molecule has 1 amide bonds. The van der Waals surface area contributed by atoms with E-state index in [2.05, 4.69) is 20.7 Å². The monoisotopic (exact) mass is 277 g/mol. The third-order valence-electron chi connectivity index (χ3n) is 2.58. The van der Waals surface area contributed by atoms with Crippen LogP contribution in [0.4, 0.5) is 5.69 Å². The Hall–Kier alpha value is -1.99. The summed E-state index contributed by atoms with van der Waals surface area (Å²) < 4.78 is 0. The molecule has 0 saturated carbocycles. The first-order chi connectivity index (χ1) is 9.11. The van der Waals surface area contributed by atoms with E-state index in [0.29, 0.717) is 11.3 Å². The van der Waals surface area contributed by atoms with Crippen LogP contribution in [0, 0.1) is 6.92 Å². The largest absolute Gasteiger partial charge is 0.343 e. The van der Waals surface area contributed by atoms with Crippen LogP contribution in [0.3, 0.4) is 0 Å². The van der Waals surface area contributed by atoms with Crippen molar-refractivity contribution in [1.29, 1.82) is 0 Å². The molecule has 0 bridgehead atoms. The minimum atomic E-state index is -0.235. The summed E-state index contributed by atoms with van der Waals surface area (Å²) in [6.45, 7) is 3.81. The zero-order valence-electron chi connectivity index (χ0n) is 10.7. The van der Waals surface area contributed by atoms with Crippen molar-refractivity contribution in [2.45, 2.75) is 19.9 Å². The maximum Gasteiger partial charge on any atom is 0.255 e. The zero-order chi connectivity index (χ0) is 13.8. The van der Waals surface area contributed by atoms with Crippen molar-refractivity contribution in [3.63, 3.8) is 0 Å². The highest BCUT2D eigenvalue weighted by atomic mass is 32.1. The molecule has 0 aliphatic carbocycles. The van der Waals surface area contributed by atoms with E-state index < -0.39 is 0 Å². The maximum absolute atomic E-state index is 12.1. The van der Waals surface area contributed by atoms with Crippen LogP contribution < -0.4 is 16.6 Å². The highest BCUT2D eigenvalue weighted by molar-refractivity contribution is 7.09. The van der Waals surface area contributed by atoms with Crippen molar-refractivity contribution in [3.8, 4) is 0 Å². The van der Waals surface area contributed by atoms with E-state index in [4.69, 9.17) is 5.84 Å². The lowest BCUT2D eigenvalue weighted by Gasteiger charge is -2.13. The molecule has 2 aromatic heterocycles. The first-order valence-corrected chi connectivity index (χ1v) is 6.63. The summed E-state index contributed by atoms with van der Waals surface area (Å²) in [5.74, 6) is 5.13. The lowest BCUT2D eigenvalue weighted by atomic mass is 10.2. The first kappa shape index (κ1) is 13.4. The summed E-state index contributed by atoms with van der Waals surface area (Å²) in [4.78, 5) is 20.4. The van der Waals surface area contributed by atoms with Crippen LogP contribution in [0.1, 0.15) is 34.0 Å². The van der Waals surface area contributed by atoms with Crippen LogP contribution in [-0.2, 0) is 0 Å². The van der Waals surface area contributed by atoms with Crippen LogP contribution in [0.15, 0.2) is 23.8 Å². The Balaban J connectivity index is 2.12. The van der Waals surface area contributed by atoms with E-state index in [1.54, 1.807) is 12.3 Å². The third-order valence-corrected chi connectivity index (χ3v) is 3.72. The van der Waals surface area contributed by atoms with Gasteiger partial charge in [-0.25, -0.2) is 4.98 Å². The number of carbonyl (C=O) groups is 1. The quantitative estimate of drug-likeness (QED) is 0.583. The maximum atomic E-state index is 12.1. The SMILES string of the molecule is Cc1csc(C(C)NC(=O)c2cnccc2NN)n1. The van der Waals surface area contributed by atoms with Gasteiger partial charge in [0.15, 0.2) is 0 Å². The molecule has 0 fully saturated rings. The van der Waals surface area contributed by atoms with Gasteiger partial charge in [-0.1, -0.05) is 0 Å². The highest BCUT2D eigenvalue weighted by Crippen LogP contribution is 2.19. The Morgan fingerprint density at radius 3 is 2.95 bits per heavy atom. The lowest BCUT2D eigenvalue weighted by molar-refractivity contribution is 0.0940. The fraction of sp³-hybridized carbons (Fsp3) is 0.250. The number of nitrogen functional groups attached to an aromatic ring is 1. The summed E-state index contributed by atoms with van der Waals surface area (Å²) in [5, 5.41) is 5.70. The van der Waals surface area contributed by atoms with E-state index >= 15 is 0 Å². The van der Waals surface area contributed by atoms with Crippen LogP contribution in [0.2, 0.25) is 0 Å². The van der Waals surface area contributed by atoms with Crippen molar-refractivity contribution in [2.75, 3.05) is 5.43 Å². The number of amides is 1. The van der Waals surface area contributed by atoms with Gasteiger partial charge < -0.3 is 10.7 Å². The van der Waals surface area contributed by atoms with E-state index in [1.807, 2.05) is 19.2 Å². The van der Waals surface area contributed by atoms with Crippen molar-refractivity contribution in [2.24, 2.45) is 5.84 Å². The number of anilines is 1. The molecule has 2 heterocycles. The number of hydrogen-bond donors (Lipinski definition) is 3. The van der Waals surface area contributed by atoms with Gasteiger partial charge in [0, 0.05) is 23.5 Å². The number of aromatic nitrogens is 2. The van der Waals surface area contributed by atoms with Crippen LogP contribution in [0.25, 0.3) is 0 Å². The molecule has 0 aromatic carbocycles. The number of aryl methyl sites for hydroxylation is 1. The van der Waals surface area contributed by atoms with Gasteiger partial charge in [0.25, 0.3) is 5.91 Å². The number of hydrogen-bond acceptors (Lipinski definition) is 6. The normalized spacial score (nSPS) is 11.9. The summed E-state index contributed by atoms with van der Waals surface area (Å²) >= 11 is 1.52. The van der Waals surface area contributed by atoms with Gasteiger partial charge in [0.05, 0.1) is 17.3 Å². The van der Waals surface area contributed by atoms with Gasteiger partial charge >= 0.3 is 0 Å². The molecule has 100 valence electrons. The van der Waals surface area contributed by atoms with Crippen molar-refractivity contribution in [1.82, 2.24) is 15.3 Å². The lowest BCUT2D eigenvalue weighted by Crippen LogP contribution is -2.28. The van der Waals surface area contributed by atoms with Gasteiger partial charge in [-0.15, -0.1) is 11.3 Å². The molecular weight excluding hydrogens is 262 g/mol.